The zero-order chi connectivity index (χ0) is 23.9. The van der Waals surface area contributed by atoms with Crippen molar-refractivity contribution in [3.8, 4) is 35.2 Å². The van der Waals surface area contributed by atoms with E-state index in [9.17, 15) is 5.26 Å². The number of benzene rings is 3. The van der Waals surface area contributed by atoms with Crippen molar-refractivity contribution < 1.29 is 14.2 Å². The van der Waals surface area contributed by atoms with Crippen molar-refractivity contribution in [2.75, 3.05) is 18.2 Å². The quantitative estimate of drug-likeness (QED) is 0.362. The first-order valence-electron chi connectivity index (χ1n) is 10.5. The summed E-state index contributed by atoms with van der Waals surface area (Å²) in [6.45, 7) is 2.45. The number of hydrogen-bond donors (Lipinski definition) is 2. The molecule has 34 heavy (non-hydrogen) atoms. The van der Waals surface area contributed by atoms with E-state index in [0.29, 0.717) is 35.2 Å². The van der Waals surface area contributed by atoms with E-state index in [1.54, 1.807) is 18.2 Å². The molecular formula is C26H23N5O3. The van der Waals surface area contributed by atoms with Crippen LogP contribution in [0.25, 0.3) is 0 Å². The molecule has 0 saturated carbocycles. The molecule has 0 fully saturated rings. The smallest absolute Gasteiger partial charge is 0.327 e. The lowest BCUT2D eigenvalue weighted by Gasteiger charge is -2.15. The number of nitrogens with two attached hydrogens (primary N) is 1. The van der Waals surface area contributed by atoms with E-state index in [-0.39, 0.29) is 17.6 Å². The fourth-order valence-corrected chi connectivity index (χ4v) is 3.18. The van der Waals surface area contributed by atoms with Crippen LogP contribution >= 0.6 is 0 Å². The Balaban J connectivity index is 1.71. The molecule has 3 aromatic carbocycles. The van der Waals surface area contributed by atoms with Crippen LogP contribution in [0.1, 0.15) is 16.7 Å². The first-order valence-corrected chi connectivity index (χ1v) is 10.5. The Labute approximate surface area is 197 Å². The normalized spacial score (nSPS) is 10.3. The Hall–Kier alpha value is -4.77. The van der Waals surface area contributed by atoms with Crippen molar-refractivity contribution in [3.63, 3.8) is 0 Å². The molecule has 0 radical (unpaired) electrons. The summed E-state index contributed by atoms with van der Waals surface area (Å²) in [5, 5.41) is 12.5. The molecule has 0 unspecified atom stereocenters. The van der Waals surface area contributed by atoms with Gasteiger partial charge in [0, 0.05) is 12.6 Å². The number of hydrogen-bond acceptors (Lipinski definition) is 8. The first-order chi connectivity index (χ1) is 16.6. The molecule has 170 valence electrons. The van der Waals surface area contributed by atoms with Gasteiger partial charge in [0.25, 0.3) is 5.88 Å². The van der Waals surface area contributed by atoms with Crippen LogP contribution in [0.5, 0.6) is 29.1 Å². The highest BCUT2D eigenvalue weighted by Crippen LogP contribution is 2.37. The van der Waals surface area contributed by atoms with Gasteiger partial charge in [0.05, 0.1) is 18.7 Å². The third kappa shape index (κ3) is 5.34. The third-order valence-corrected chi connectivity index (χ3v) is 4.89. The minimum absolute atomic E-state index is 0.0563. The fourth-order valence-electron chi connectivity index (χ4n) is 3.18. The van der Waals surface area contributed by atoms with Gasteiger partial charge in [-0.15, -0.1) is 0 Å². The minimum Gasteiger partial charge on any atom is -0.493 e. The molecule has 0 amide bonds. The molecule has 0 saturated heterocycles. The van der Waals surface area contributed by atoms with Gasteiger partial charge in [-0.3, -0.25) is 0 Å². The van der Waals surface area contributed by atoms with Crippen LogP contribution < -0.4 is 25.3 Å². The molecule has 0 bridgehead atoms. The molecule has 0 aliphatic rings. The van der Waals surface area contributed by atoms with Gasteiger partial charge in [-0.05, 0) is 42.3 Å². The van der Waals surface area contributed by atoms with Crippen molar-refractivity contribution in [3.05, 3.63) is 89.5 Å². The number of nitrogens with one attached hydrogen (secondary N) is 1. The molecule has 0 aliphatic heterocycles. The Bertz CT molecular complexity index is 1340. The van der Waals surface area contributed by atoms with Crippen molar-refractivity contribution in [2.45, 2.75) is 13.5 Å². The maximum atomic E-state index is 9.27. The molecule has 3 N–H and O–H groups in total. The number of anilines is 2. The topological polar surface area (TPSA) is 115 Å². The number of nitrogen functional groups attached to an aromatic ring is 1. The van der Waals surface area contributed by atoms with Gasteiger partial charge >= 0.3 is 6.01 Å². The largest absolute Gasteiger partial charge is 0.493 e. The second-order valence-electron chi connectivity index (χ2n) is 7.41. The highest BCUT2D eigenvalue weighted by Gasteiger charge is 2.18. The summed E-state index contributed by atoms with van der Waals surface area (Å²) in [7, 11) is 1.51. The number of rotatable bonds is 8. The average Bonchev–Trinajstić information content (AvgIpc) is 2.85. The molecule has 0 atom stereocenters. The maximum Gasteiger partial charge on any atom is 0.327 e. The van der Waals surface area contributed by atoms with Crippen LogP contribution in [-0.2, 0) is 6.54 Å². The Morgan fingerprint density at radius 1 is 0.941 bits per heavy atom. The van der Waals surface area contributed by atoms with Gasteiger partial charge in [-0.2, -0.15) is 15.2 Å². The van der Waals surface area contributed by atoms with Crippen LogP contribution in [-0.4, -0.2) is 17.1 Å². The molecule has 0 spiro atoms. The Morgan fingerprint density at radius 3 is 2.50 bits per heavy atom. The Kier molecular flexibility index (Phi) is 6.75. The SMILES string of the molecule is COc1ccc(C#N)cc1Oc1nc(Oc2cccc(C)c2)nc(NCc2ccccc2)c1N. The summed E-state index contributed by atoms with van der Waals surface area (Å²) < 4.78 is 17.3. The molecule has 8 heteroatoms. The standard InChI is InChI=1S/C26H23N5O3/c1-17-7-6-10-20(13-17)33-26-30-24(29-16-18-8-4-3-5-9-18)23(28)25(31-26)34-22-14-19(15-27)11-12-21(22)32-2/h3-14H,16,28H2,1-2H3,(H,29,30,31). The minimum atomic E-state index is 0.0563. The summed E-state index contributed by atoms with van der Waals surface area (Å²) in [5.74, 6) is 1.72. The van der Waals surface area contributed by atoms with Crippen LogP contribution in [0.4, 0.5) is 11.5 Å². The second kappa shape index (κ2) is 10.2. The van der Waals surface area contributed by atoms with Gasteiger partial charge in [0.1, 0.15) is 11.4 Å². The molecule has 0 aliphatic carbocycles. The summed E-state index contributed by atoms with van der Waals surface area (Å²) in [6.07, 6.45) is 0. The number of aryl methyl sites for hydroxylation is 1. The molecule has 1 aromatic heterocycles. The van der Waals surface area contributed by atoms with Gasteiger partial charge in [0.15, 0.2) is 17.3 Å². The van der Waals surface area contributed by atoms with Crippen LogP contribution in [0.3, 0.4) is 0 Å². The monoisotopic (exact) mass is 453 g/mol. The first kappa shape index (κ1) is 22.4. The number of methoxy groups -OCH3 is 1. The Morgan fingerprint density at radius 2 is 1.76 bits per heavy atom. The van der Waals surface area contributed by atoms with Crippen molar-refractivity contribution in [1.29, 1.82) is 5.26 Å². The van der Waals surface area contributed by atoms with E-state index in [2.05, 4.69) is 21.4 Å². The van der Waals surface area contributed by atoms with Crippen molar-refractivity contribution >= 4 is 11.5 Å². The summed E-state index contributed by atoms with van der Waals surface area (Å²) in [6, 6.07) is 24.3. The van der Waals surface area contributed by atoms with Gasteiger partial charge in [-0.25, -0.2) is 0 Å². The van der Waals surface area contributed by atoms with Crippen LogP contribution in [0, 0.1) is 18.3 Å². The number of ether oxygens (including phenoxy) is 3. The van der Waals surface area contributed by atoms with Gasteiger partial charge in [0.2, 0.25) is 0 Å². The molecule has 4 aromatic rings. The van der Waals surface area contributed by atoms with Crippen molar-refractivity contribution in [2.24, 2.45) is 0 Å². The van der Waals surface area contributed by atoms with Gasteiger partial charge in [-0.1, -0.05) is 42.5 Å². The van der Waals surface area contributed by atoms with Gasteiger partial charge < -0.3 is 25.3 Å². The molecule has 4 rings (SSSR count). The zero-order valence-electron chi connectivity index (χ0n) is 18.8. The van der Waals surface area contributed by atoms with Crippen molar-refractivity contribution in [1.82, 2.24) is 9.97 Å². The predicted molar refractivity (Wildman–Crippen MR) is 129 cm³/mol. The third-order valence-electron chi connectivity index (χ3n) is 4.89. The molecule has 1 heterocycles. The van der Waals surface area contributed by atoms with E-state index < -0.39 is 0 Å². The summed E-state index contributed by atoms with van der Waals surface area (Å²) >= 11 is 0. The number of aromatic nitrogens is 2. The summed E-state index contributed by atoms with van der Waals surface area (Å²) in [4.78, 5) is 8.84. The summed E-state index contributed by atoms with van der Waals surface area (Å²) in [5.41, 5.74) is 9.05. The van der Waals surface area contributed by atoms with E-state index >= 15 is 0 Å². The van der Waals surface area contributed by atoms with Crippen LogP contribution in [0.15, 0.2) is 72.8 Å². The second-order valence-corrected chi connectivity index (χ2v) is 7.41. The van der Waals surface area contributed by atoms with E-state index in [4.69, 9.17) is 19.9 Å². The highest BCUT2D eigenvalue weighted by atomic mass is 16.5. The average molecular weight is 454 g/mol. The lowest BCUT2D eigenvalue weighted by molar-refractivity contribution is 0.369. The predicted octanol–water partition coefficient (Wildman–Crippen LogP) is 5.44. The van der Waals surface area contributed by atoms with Crippen LogP contribution in [0.2, 0.25) is 0 Å². The zero-order valence-corrected chi connectivity index (χ0v) is 18.8. The lowest BCUT2D eigenvalue weighted by Crippen LogP contribution is -2.08. The van der Waals surface area contributed by atoms with E-state index in [0.717, 1.165) is 11.1 Å². The maximum absolute atomic E-state index is 9.27. The lowest BCUT2D eigenvalue weighted by atomic mass is 10.2. The molecule has 8 nitrogen and oxygen atoms in total. The van der Waals surface area contributed by atoms with E-state index in [1.165, 1.54) is 7.11 Å². The number of nitrogens with zero attached hydrogens (tertiary/aromatic N) is 3. The fraction of sp³-hybridized carbons (Fsp3) is 0.115. The molecular weight excluding hydrogens is 430 g/mol. The highest BCUT2D eigenvalue weighted by molar-refractivity contribution is 5.68. The van der Waals surface area contributed by atoms with E-state index in [1.807, 2.05) is 61.5 Å². The number of nitriles is 1.